The maximum absolute atomic E-state index is 5.34. The first kappa shape index (κ1) is 11.9. The molecule has 0 aliphatic rings. The highest BCUT2D eigenvalue weighted by molar-refractivity contribution is 5.35. The van der Waals surface area contributed by atoms with Gasteiger partial charge >= 0.3 is 0 Å². The van der Waals surface area contributed by atoms with Gasteiger partial charge in [-0.3, -0.25) is 0 Å². The minimum Gasteiger partial charge on any atom is -0.374 e. The van der Waals surface area contributed by atoms with Crippen molar-refractivity contribution in [2.24, 2.45) is 5.84 Å². The number of anilines is 1. The normalized spacial score (nSPS) is 10.7. The minimum atomic E-state index is 0.348. The Morgan fingerprint density at radius 2 is 2.20 bits per heavy atom. The standard InChI is InChI=1S/C10H18N4O/c1-4-15-6-10-12-8(7(2)3)5-9(13-10)14-11/h5,7H,4,6,11H2,1-3H3,(H,12,13,14). The van der Waals surface area contributed by atoms with Crippen LogP contribution in [-0.2, 0) is 11.3 Å². The van der Waals surface area contributed by atoms with Crippen molar-refractivity contribution < 1.29 is 4.74 Å². The fraction of sp³-hybridized carbons (Fsp3) is 0.600. The monoisotopic (exact) mass is 210 g/mol. The molecular weight excluding hydrogens is 192 g/mol. The molecule has 0 aliphatic carbocycles. The third-order valence-corrected chi connectivity index (χ3v) is 1.97. The molecule has 0 radical (unpaired) electrons. The first-order valence-corrected chi connectivity index (χ1v) is 5.09. The van der Waals surface area contributed by atoms with Gasteiger partial charge in [0.15, 0.2) is 5.82 Å². The molecule has 0 fully saturated rings. The maximum atomic E-state index is 5.34. The van der Waals surface area contributed by atoms with Crippen molar-refractivity contribution in [3.05, 3.63) is 17.6 Å². The Labute approximate surface area is 90.0 Å². The van der Waals surface area contributed by atoms with Gasteiger partial charge in [0.1, 0.15) is 12.4 Å². The van der Waals surface area contributed by atoms with Crippen molar-refractivity contribution in [2.45, 2.75) is 33.3 Å². The summed E-state index contributed by atoms with van der Waals surface area (Å²) < 4.78 is 5.26. The lowest BCUT2D eigenvalue weighted by Crippen LogP contribution is -2.12. The van der Waals surface area contributed by atoms with Crippen LogP contribution in [0.2, 0.25) is 0 Å². The highest BCUT2D eigenvalue weighted by atomic mass is 16.5. The molecule has 1 rings (SSSR count). The van der Waals surface area contributed by atoms with Crippen LogP contribution in [0.15, 0.2) is 6.07 Å². The first-order chi connectivity index (χ1) is 7.17. The summed E-state index contributed by atoms with van der Waals surface area (Å²) in [5.41, 5.74) is 3.50. The van der Waals surface area contributed by atoms with E-state index in [-0.39, 0.29) is 0 Å². The van der Waals surface area contributed by atoms with Crippen LogP contribution < -0.4 is 11.3 Å². The average Bonchev–Trinajstić information content (AvgIpc) is 2.25. The van der Waals surface area contributed by atoms with E-state index in [1.807, 2.05) is 13.0 Å². The molecular formula is C10H18N4O. The molecule has 3 N–H and O–H groups in total. The zero-order valence-corrected chi connectivity index (χ0v) is 9.45. The van der Waals surface area contributed by atoms with Crippen LogP contribution in [0.25, 0.3) is 0 Å². The van der Waals surface area contributed by atoms with Gasteiger partial charge in [0.05, 0.1) is 0 Å². The Hall–Kier alpha value is -1.20. The third kappa shape index (κ3) is 3.45. The van der Waals surface area contributed by atoms with Gasteiger partial charge < -0.3 is 10.2 Å². The van der Waals surface area contributed by atoms with Gasteiger partial charge in [-0.15, -0.1) is 0 Å². The van der Waals surface area contributed by atoms with Gasteiger partial charge in [0, 0.05) is 18.4 Å². The lowest BCUT2D eigenvalue weighted by atomic mass is 10.1. The Kier molecular flexibility index (Phi) is 4.45. The minimum absolute atomic E-state index is 0.348. The summed E-state index contributed by atoms with van der Waals surface area (Å²) in [6.45, 7) is 7.17. The number of aromatic nitrogens is 2. The summed E-state index contributed by atoms with van der Waals surface area (Å²) in [4.78, 5) is 8.59. The van der Waals surface area contributed by atoms with Crippen molar-refractivity contribution in [2.75, 3.05) is 12.0 Å². The summed E-state index contributed by atoms with van der Waals surface area (Å²) in [7, 11) is 0. The second-order valence-electron chi connectivity index (χ2n) is 3.53. The summed E-state index contributed by atoms with van der Waals surface area (Å²) >= 11 is 0. The van der Waals surface area contributed by atoms with Gasteiger partial charge in [-0.1, -0.05) is 13.8 Å². The van der Waals surface area contributed by atoms with E-state index < -0.39 is 0 Å². The second-order valence-corrected chi connectivity index (χ2v) is 3.53. The number of nitrogens with two attached hydrogens (primary N) is 1. The van der Waals surface area contributed by atoms with Crippen molar-refractivity contribution in [3.63, 3.8) is 0 Å². The Morgan fingerprint density at radius 3 is 2.73 bits per heavy atom. The number of nitrogens with one attached hydrogen (secondary N) is 1. The topological polar surface area (TPSA) is 73.1 Å². The van der Waals surface area contributed by atoms with E-state index in [0.717, 1.165) is 5.69 Å². The van der Waals surface area contributed by atoms with Crippen LogP contribution in [0.3, 0.4) is 0 Å². The molecule has 15 heavy (non-hydrogen) atoms. The van der Waals surface area contributed by atoms with Crippen molar-refractivity contribution in [1.29, 1.82) is 0 Å². The van der Waals surface area contributed by atoms with E-state index in [2.05, 4.69) is 29.2 Å². The SMILES string of the molecule is CCOCc1nc(NN)cc(C(C)C)n1. The maximum Gasteiger partial charge on any atom is 0.156 e. The number of hydrazine groups is 1. The predicted molar refractivity (Wildman–Crippen MR) is 59.3 cm³/mol. The molecule has 1 aromatic rings. The van der Waals surface area contributed by atoms with Gasteiger partial charge in [-0.2, -0.15) is 0 Å². The van der Waals surface area contributed by atoms with Crippen molar-refractivity contribution >= 4 is 5.82 Å². The molecule has 0 saturated heterocycles. The van der Waals surface area contributed by atoms with Crippen LogP contribution >= 0.6 is 0 Å². The Balaban J connectivity index is 2.90. The first-order valence-electron chi connectivity index (χ1n) is 5.09. The second kappa shape index (κ2) is 5.63. The number of nitrogen functional groups attached to an aromatic ring is 1. The predicted octanol–water partition coefficient (Wildman–Crippen LogP) is 1.42. The molecule has 84 valence electrons. The molecule has 0 aromatic carbocycles. The molecule has 1 heterocycles. The number of rotatable bonds is 5. The molecule has 5 heteroatoms. The largest absolute Gasteiger partial charge is 0.374 e. The van der Waals surface area contributed by atoms with Gasteiger partial charge in [0.25, 0.3) is 0 Å². The molecule has 0 saturated carbocycles. The molecule has 0 aliphatic heterocycles. The quantitative estimate of drug-likeness (QED) is 0.568. The number of hydrogen-bond acceptors (Lipinski definition) is 5. The van der Waals surface area contributed by atoms with Gasteiger partial charge in [-0.25, -0.2) is 15.8 Å². The highest BCUT2D eigenvalue weighted by Crippen LogP contribution is 2.15. The summed E-state index contributed by atoms with van der Waals surface area (Å²) in [5.74, 6) is 6.97. The third-order valence-electron chi connectivity index (χ3n) is 1.97. The van der Waals surface area contributed by atoms with E-state index in [1.54, 1.807) is 0 Å². The van der Waals surface area contributed by atoms with Crippen molar-refractivity contribution in [1.82, 2.24) is 9.97 Å². The van der Waals surface area contributed by atoms with E-state index in [0.29, 0.717) is 30.8 Å². The van der Waals surface area contributed by atoms with Crippen LogP contribution in [0.4, 0.5) is 5.82 Å². The molecule has 0 spiro atoms. The smallest absolute Gasteiger partial charge is 0.156 e. The number of nitrogens with zero attached hydrogens (tertiary/aromatic N) is 2. The van der Waals surface area contributed by atoms with Crippen LogP contribution in [0.1, 0.15) is 38.2 Å². The molecule has 0 bridgehead atoms. The molecule has 0 unspecified atom stereocenters. The summed E-state index contributed by atoms with van der Waals surface area (Å²) in [6.07, 6.45) is 0. The Bertz CT molecular complexity index is 314. The van der Waals surface area contributed by atoms with Crippen LogP contribution in [0.5, 0.6) is 0 Å². The zero-order chi connectivity index (χ0) is 11.3. The molecule has 1 aromatic heterocycles. The van der Waals surface area contributed by atoms with E-state index in [1.165, 1.54) is 0 Å². The van der Waals surface area contributed by atoms with Gasteiger partial charge in [0.2, 0.25) is 0 Å². The lowest BCUT2D eigenvalue weighted by Gasteiger charge is -2.09. The number of ether oxygens (including phenoxy) is 1. The van der Waals surface area contributed by atoms with E-state index >= 15 is 0 Å². The van der Waals surface area contributed by atoms with E-state index in [4.69, 9.17) is 10.6 Å². The summed E-state index contributed by atoms with van der Waals surface area (Å²) in [5, 5.41) is 0. The fourth-order valence-electron chi connectivity index (χ4n) is 1.15. The molecule has 0 atom stereocenters. The van der Waals surface area contributed by atoms with Crippen LogP contribution in [-0.4, -0.2) is 16.6 Å². The Morgan fingerprint density at radius 1 is 1.47 bits per heavy atom. The molecule has 0 amide bonds. The average molecular weight is 210 g/mol. The zero-order valence-electron chi connectivity index (χ0n) is 9.45. The molecule has 5 nitrogen and oxygen atoms in total. The van der Waals surface area contributed by atoms with Gasteiger partial charge in [-0.05, 0) is 12.8 Å². The van der Waals surface area contributed by atoms with E-state index in [9.17, 15) is 0 Å². The number of hydrogen-bond donors (Lipinski definition) is 2. The summed E-state index contributed by atoms with van der Waals surface area (Å²) in [6, 6.07) is 1.85. The highest BCUT2D eigenvalue weighted by Gasteiger charge is 2.06. The van der Waals surface area contributed by atoms with Crippen molar-refractivity contribution in [3.8, 4) is 0 Å². The van der Waals surface area contributed by atoms with Crippen LogP contribution in [0, 0.1) is 0 Å². The fourth-order valence-corrected chi connectivity index (χ4v) is 1.15. The lowest BCUT2D eigenvalue weighted by molar-refractivity contribution is 0.128.